The number of carbonyl (C=O) groups is 1. The van der Waals surface area contributed by atoms with Crippen LogP contribution in [0, 0.1) is 12.7 Å². The van der Waals surface area contributed by atoms with E-state index < -0.39 is 11.5 Å². The van der Waals surface area contributed by atoms with Gasteiger partial charge in [-0.25, -0.2) is 18.7 Å². The Morgan fingerprint density at radius 1 is 1.26 bits per heavy atom. The van der Waals surface area contributed by atoms with Crippen LogP contribution in [0.25, 0.3) is 28.0 Å². The van der Waals surface area contributed by atoms with Gasteiger partial charge in [0.15, 0.2) is 5.65 Å². The minimum Gasteiger partial charge on any atom is -0.357 e. The van der Waals surface area contributed by atoms with E-state index in [-0.39, 0.29) is 43.8 Å². The molecule has 0 bridgehead atoms. The lowest BCUT2D eigenvalue weighted by molar-refractivity contribution is -0.126. The molecular weight excluding hydrogens is 670 g/mol. The van der Waals surface area contributed by atoms with Crippen molar-refractivity contribution in [3.63, 3.8) is 0 Å². The van der Waals surface area contributed by atoms with Gasteiger partial charge in [-0.1, -0.05) is 66.8 Å². The lowest BCUT2D eigenvalue weighted by atomic mass is 10.0. The third-order valence-corrected chi connectivity index (χ3v) is 9.07. The molecule has 218 valence electrons. The second kappa shape index (κ2) is 12.1. The number of fused-ring (bicyclic) bond motifs is 1. The minimum atomic E-state index is -0.547. The average molecular weight is 701 g/mol. The van der Waals surface area contributed by atoms with Gasteiger partial charge in [-0.05, 0) is 61.6 Å². The third kappa shape index (κ3) is 5.42. The second-order valence-electron chi connectivity index (χ2n) is 10.7. The van der Waals surface area contributed by atoms with Gasteiger partial charge in [0.2, 0.25) is 5.91 Å². The number of amides is 1. The van der Waals surface area contributed by atoms with Crippen LogP contribution in [0.3, 0.4) is 0 Å². The van der Waals surface area contributed by atoms with E-state index in [2.05, 4.69) is 39.1 Å². The normalized spacial score (nSPS) is 16.8. The number of hydrogen-bond donors (Lipinski definition) is 0. The van der Waals surface area contributed by atoms with Crippen molar-refractivity contribution >= 4 is 57.0 Å². The van der Waals surface area contributed by atoms with Gasteiger partial charge >= 0.3 is 5.69 Å². The Morgan fingerprint density at radius 2 is 2.00 bits per heavy atom. The summed E-state index contributed by atoms with van der Waals surface area (Å²) in [6, 6.07) is 9.67. The molecule has 1 aromatic carbocycles. The van der Waals surface area contributed by atoms with E-state index in [0.717, 1.165) is 18.4 Å². The summed E-state index contributed by atoms with van der Waals surface area (Å²) < 4.78 is 16.5. The number of halogens is 3. The molecule has 4 heterocycles. The first-order valence-electron chi connectivity index (χ1n) is 13.7. The van der Waals surface area contributed by atoms with Crippen LogP contribution in [0.2, 0.25) is 5.02 Å². The predicted octanol–water partition coefficient (Wildman–Crippen LogP) is 6.44. The Balaban J connectivity index is 1.76. The summed E-state index contributed by atoms with van der Waals surface area (Å²) in [5, 5.41) is 0.740. The number of aromatic nitrogens is 4. The lowest BCUT2D eigenvalue weighted by Crippen LogP contribution is -2.44. The van der Waals surface area contributed by atoms with Crippen molar-refractivity contribution in [2.45, 2.75) is 49.6 Å². The van der Waals surface area contributed by atoms with Crippen LogP contribution in [-0.4, -0.2) is 54.0 Å². The van der Waals surface area contributed by atoms with Crippen LogP contribution in [0.15, 0.2) is 60.0 Å². The number of carbonyl (C=O) groups excluding carboxylic acids is 1. The Hall–Kier alpha value is -3.38. The van der Waals surface area contributed by atoms with E-state index >= 15 is 0 Å². The summed E-state index contributed by atoms with van der Waals surface area (Å²) in [6.07, 6.45) is 4.70. The Morgan fingerprint density at radius 3 is 2.69 bits per heavy atom. The highest BCUT2D eigenvalue weighted by Gasteiger charge is 2.35. The van der Waals surface area contributed by atoms with Gasteiger partial charge in [-0.3, -0.25) is 9.78 Å². The number of pyridine rings is 2. The number of nitrogens with zero attached hydrogens (tertiary/aromatic N) is 6. The van der Waals surface area contributed by atoms with E-state index in [4.69, 9.17) is 16.6 Å². The number of hydrogen-bond acceptors (Lipinski definition) is 6. The highest BCUT2D eigenvalue weighted by atomic mass is 127. The van der Waals surface area contributed by atoms with Crippen molar-refractivity contribution < 1.29 is 9.18 Å². The van der Waals surface area contributed by atoms with Crippen LogP contribution < -0.4 is 10.6 Å². The molecule has 1 aliphatic rings. The smallest absolute Gasteiger partial charge is 0.355 e. The zero-order valence-electron chi connectivity index (χ0n) is 23.8. The predicted molar refractivity (Wildman–Crippen MR) is 173 cm³/mol. The number of benzene rings is 1. The SMILES string of the molecule is C=CC(=O)N1C(I)CCC1CN(C)c1nc(=O)n(-c2c(C)ccnc2C(C)C)c2nc(-c3ccccc3F)c(Cl)cc12. The zero-order chi connectivity index (χ0) is 30.3. The fourth-order valence-electron chi connectivity index (χ4n) is 5.57. The van der Waals surface area contributed by atoms with E-state index in [1.54, 1.807) is 30.5 Å². The highest BCUT2D eigenvalue weighted by Crippen LogP contribution is 2.36. The molecule has 42 heavy (non-hydrogen) atoms. The molecule has 1 aliphatic heterocycles. The molecule has 11 heteroatoms. The molecule has 1 amide bonds. The van der Waals surface area contributed by atoms with Crippen LogP contribution in [-0.2, 0) is 4.79 Å². The average Bonchev–Trinajstić information content (AvgIpc) is 3.32. The Bertz CT molecular complexity index is 1760. The fraction of sp³-hybridized carbons (Fsp3) is 0.323. The zero-order valence-corrected chi connectivity index (χ0v) is 26.7. The monoisotopic (exact) mass is 700 g/mol. The number of anilines is 1. The molecular formula is C31H31ClFIN6O2. The topological polar surface area (TPSA) is 84.2 Å². The summed E-state index contributed by atoms with van der Waals surface area (Å²) in [4.78, 5) is 44.2. The van der Waals surface area contributed by atoms with Crippen LogP contribution in [0.1, 0.15) is 43.9 Å². The van der Waals surface area contributed by atoms with Crippen molar-refractivity contribution in [2.75, 3.05) is 18.5 Å². The molecule has 2 unspecified atom stereocenters. The van der Waals surface area contributed by atoms with Gasteiger partial charge < -0.3 is 9.80 Å². The number of aryl methyl sites for hydroxylation is 1. The van der Waals surface area contributed by atoms with E-state index in [1.165, 1.54) is 16.7 Å². The van der Waals surface area contributed by atoms with Crippen LogP contribution in [0.4, 0.5) is 10.2 Å². The first-order valence-corrected chi connectivity index (χ1v) is 15.3. The Kier molecular flexibility index (Phi) is 8.66. The third-order valence-electron chi connectivity index (χ3n) is 7.56. The van der Waals surface area contributed by atoms with Crippen LogP contribution >= 0.6 is 34.2 Å². The highest BCUT2D eigenvalue weighted by molar-refractivity contribution is 14.1. The van der Waals surface area contributed by atoms with Crippen molar-refractivity contribution in [1.82, 2.24) is 24.4 Å². The van der Waals surface area contributed by atoms with Gasteiger partial charge in [0, 0.05) is 25.4 Å². The first-order chi connectivity index (χ1) is 20.0. The number of likely N-dealkylation sites (tertiary alicyclic amines) is 1. The maximum atomic E-state index is 15.0. The summed E-state index contributed by atoms with van der Waals surface area (Å²) in [6.45, 7) is 10.00. The molecule has 5 rings (SSSR count). The molecule has 1 fully saturated rings. The van der Waals surface area contributed by atoms with Gasteiger partial charge in [-0.15, -0.1) is 0 Å². The first kappa shape index (κ1) is 30.1. The maximum Gasteiger partial charge on any atom is 0.355 e. The molecule has 0 N–H and O–H groups in total. The molecule has 0 spiro atoms. The lowest BCUT2D eigenvalue weighted by Gasteiger charge is -2.31. The van der Waals surface area contributed by atoms with E-state index in [1.807, 2.05) is 43.7 Å². The van der Waals surface area contributed by atoms with Crippen LogP contribution in [0.5, 0.6) is 0 Å². The van der Waals surface area contributed by atoms with Gasteiger partial charge in [0.1, 0.15) is 11.6 Å². The summed E-state index contributed by atoms with van der Waals surface area (Å²) in [7, 11) is 1.83. The standard InChI is InChI=1S/C31H31ClFIN6O2/c1-6-25(41)39-19(11-12-24(39)34)16-38(5)29-21-15-22(32)27(20-9-7-8-10-23(20)33)36-30(21)40(31(42)37-29)28-18(4)13-14-35-26(28)17(2)3/h6-10,13-15,17,19,24H,1,11-12,16H2,2-5H3. The van der Waals surface area contributed by atoms with Gasteiger partial charge in [-0.2, -0.15) is 4.98 Å². The molecule has 8 nitrogen and oxygen atoms in total. The maximum absolute atomic E-state index is 15.0. The minimum absolute atomic E-state index is 0.000455. The summed E-state index contributed by atoms with van der Waals surface area (Å²) >= 11 is 9.04. The van der Waals surface area contributed by atoms with Crippen molar-refractivity contribution in [2.24, 2.45) is 0 Å². The second-order valence-corrected chi connectivity index (χ2v) is 12.6. The fourth-order valence-corrected chi connectivity index (χ4v) is 6.91. The van der Waals surface area contributed by atoms with Crippen molar-refractivity contribution in [1.29, 1.82) is 0 Å². The van der Waals surface area contributed by atoms with Gasteiger partial charge in [0.25, 0.3) is 0 Å². The van der Waals surface area contributed by atoms with E-state index in [0.29, 0.717) is 29.1 Å². The van der Waals surface area contributed by atoms with E-state index in [9.17, 15) is 14.0 Å². The summed E-state index contributed by atoms with van der Waals surface area (Å²) in [5.74, 6) is -0.240. The molecule has 0 aliphatic carbocycles. The van der Waals surface area contributed by atoms with Crippen molar-refractivity contribution in [3.8, 4) is 16.9 Å². The molecule has 0 radical (unpaired) electrons. The number of alkyl halides is 1. The largest absolute Gasteiger partial charge is 0.357 e. The number of rotatable bonds is 7. The molecule has 1 saturated heterocycles. The van der Waals surface area contributed by atoms with Crippen molar-refractivity contribution in [3.05, 3.63) is 87.8 Å². The molecule has 3 aromatic heterocycles. The number of likely N-dealkylation sites (N-methyl/N-ethyl adjacent to an activating group) is 1. The quantitative estimate of drug-likeness (QED) is 0.0956. The van der Waals surface area contributed by atoms with Gasteiger partial charge in [0.05, 0.1) is 37.6 Å². The summed E-state index contributed by atoms with van der Waals surface area (Å²) in [5.41, 5.74) is 2.30. The molecule has 0 saturated carbocycles. The molecule has 4 aromatic rings. The molecule has 2 atom stereocenters. The Labute approximate surface area is 262 Å².